The van der Waals surface area contributed by atoms with Crippen LogP contribution in [-0.4, -0.2) is 42.5 Å². The summed E-state index contributed by atoms with van der Waals surface area (Å²) in [5.41, 5.74) is 13.2. The molecule has 0 unspecified atom stereocenters. The molecule has 0 spiro atoms. The summed E-state index contributed by atoms with van der Waals surface area (Å²) in [5, 5.41) is 0. The van der Waals surface area contributed by atoms with Gasteiger partial charge in [-0.2, -0.15) is 0 Å². The smallest absolute Gasteiger partial charge is 0.231 e. The van der Waals surface area contributed by atoms with Crippen molar-refractivity contribution in [3.63, 3.8) is 0 Å². The molecule has 0 aliphatic carbocycles. The van der Waals surface area contributed by atoms with E-state index in [2.05, 4.69) is 23.6 Å². The van der Waals surface area contributed by atoms with Gasteiger partial charge in [0.05, 0.1) is 17.9 Å². The lowest BCUT2D eigenvalue weighted by Gasteiger charge is -2.45. The van der Waals surface area contributed by atoms with Crippen molar-refractivity contribution in [3.05, 3.63) is 24.3 Å². The van der Waals surface area contributed by atoms with E-state index in [9.17, 15) is 4.79 Å². The predicted molar refractivity (Wildman–Crippen MR) is 77.9 cm³/mol. The van der Waals surface area contributed by atoms with Gasteiger partial charge in [-0.25, -0.2) is 0 Å². The first-order chi connectivity index (χ1) is 8.99. The van der Waals surface area contributed by atoms with Crippen LogP contribution in [0.15, 0.2) is 24.3 Å². The van der Waals surface area contributed by atoms with Gasteiger partial charge in [0, 0.05) is 25.2 Å². The number of amides is 1. The van der Waals surface area contributed by atoms with Crippen molar-refractivity contribution in [1.29, 1.82) is 0 Å². The average molecular weight is 262 g/mol. The number of para-hydroxylation sites is 2. The van der Waals surface area contributed by atoms with Gasteiger partial charge in [0.25, 0.3) is 0 Å². The van der Waals surface area contributed by atoms with E-state index in [1.807, 2.05) is 24.3 Å². The molecule has 0 radical (unpaired) electrons. The van der Waals surface area contributed by atoms with Crippen LogP contribution >= 0.6 is 0 Å². The summed E-state index contributed by atoms with van der Waals surface area (Å²) in [4.78, 5) is 15.5. The second kappa shape index (κ2) is 5.48. The number of nitrogens with zero attached hydrogens (tertiary/aromatic N) is 2. The van der Waals surface area contributed by atoms with E-state index in [0.717, 1.165) is 24.5 Å². The normalized spacial score (nSPS) is 24.4. The summed E-state index contributed by atoms with van der Waals surface area (Å²) in [6.45, 7) is 6.26. The molecule has 0 aromatic heterocycles. The average Bonchev–Trinajstić information content (AvgIpc) is 2.34. The largest absolute Gasteiger partial charge is 0.397 e. The van der Waals surface area contributed by atoms with Crippen LogP contribution in [0, 0.1) is 0 Å². The Morgan fingerprint density at radius 1 is 1.26 bits per heavy atom. The number of nitrogens with two attached hydrogens (primary N) is 2. The Hall–Kier alpha value is -1.75. The first kappa shape index (κ1) is 13.7. The molecule has 2 atom stereocenters. The molecule has 4 N–H and O–H groups in total. The summed E-state index contributed by atoms with van der Waals surface area (Å²) < 4.78 is 0. The molecule has 19 heavy (non-hydrogen) atoms. The van der Waals surface area contributed by atoms with Gasteiger partial charge in [-0.3, -0.25) is 9.69 Å². The van der Waals surface area contributed by atoms with Gasteiger partial charge >= 0.3 is 0 Å². The summed E-state index contributed by atoms with van der Waals surface area (Å²) in [6, 6.07) is 8.44. The number of rotatable bonds is 3. The number of hydrogen-bond acceptors (Lipinski definition) is 4. The van der Waals surface area contributed by atoms with Crippen molar-refractivity contribution in [3.8, 4) is 0 Å². The highest BCUT2D eigenvalue weighted by Crippen LogP contribution is 2.26. The molecule has 1 amide bonds. The van der Waals surface area contributed by atoms with Gasteiger partial charge in [0.2, 0.25) is 5.91 Å². The Bertz CT molecular complexity index is 451. The predicted octanol–water partition coefficient (Wildman–Crippen LogP) is 0.653. The van der Waals surface area contributed by atoms with Crippen LogP contribution in [0.3, 0.4) is 0 Å². The third-order valence-corrected chi connectivity index (χ3v) is 3.72. The molecular weight excluding hydrogens is 240 g/mol. The van der Waals surface area contributed by atoms with Gasteiger partial charge in [0.1, 0.15) is 0 Å². The lowest BCUT2D eigenvalue weighted by molar-refractivity contribution is -0.120. The SMILES string of the molecule is C[C@@H]1CN(c2ccccc2N)C[C@H](C)N1CC(N)=O. The maximum absolute atomic E-state index is 11.1. The van der Waals surface area contributed by atoms with Crippen LogP contribution in [0.2, 0.25) is 0 Å². The van der Waals surface area contributed by atoms with Crippen molar-refractivity contribution in [2.45, 2.75) is 25.9 Å². The second-order valence-corrected chi connectivity index (χ2v) is 5.30. The van der Waals surface area contributed by atoms with Crippen LogP contribution in [0.25, 0.3) is 0 Å². The molecule has 1 saturated heterocycles. The van der Waals surface area contributed by atoms with E-state index in [0.29, 0.717) is 6.54 Å². The summed E-state index contributed by atoms with van der Waals surface area (Å²) in [5.74, 6) is -0.272. The molecule has 0 bridgehead atoms. The molecule has 5 nitrogen and oxygen atoms in total. The molecule has 5 heteroatoms. The zero-order chi connectivity index (χ0) is 14.0. The number of piperazine rings is 1. The van der Waals surface area contributed by atoms with Crippen LogP contribution in [0.4, 0.5) is 11.4 Å². The fourth-order valence-electron chi connectivity index (χ4n) is 2.82. The van der Waals surface area contributed by atoms with E-state index in [1.54, 1.807) is 0 Å². The minimum atomic E-state index is -0.272. The van der Waals surface area contributed by atoms with Gasteiger partial charge < -0.3 is 16.4 Å². The van der Waals surface area contributed by atoms with Crippen molar-refractivity contribution >= 4 is 17.3 Å². The maximum Gasteiger partial charge on any atom is 0.231 e. The maximum atomic E-state index is 11.1. The fraction of sp³-hybridized carbons (Fsp3) is 0.500. The quantitative estimate of drug-likeness (QED) is 0.784. The van der Waals surface area contributed by atoms with Gasteiger partial charge in [-0.15, -0.1) is 0 Å². The molecule has 1 aliphatic rings. The first-order valence-electron chi connectivity index (χ1n) is 6.62. The molecule has 1 fully saturated rings. The molecule has 1 heterocycles. The fourth-order valence-corrected chi connectivity index (χ4v) is 2.82. The molecule has 1 aliphatic heterocycles. The van der Waals surface area contributed by atoms with Crippen LogP contribution in [-0.2, 0) is 4.79 Å². The van der Waals surface area contributed by atoms with E-state index in [4.69, 9.17) is 11.5 Å². The van der Waals surface area contributed by atoms with Crippen molar-refractivity contribution in [1.82, 2.24) is 4.90 Å². The highest BCUT2D eigenvalue weighted by Gasteiger charge is 2.30. The van der Waals surface area contributed by atoms with Crippen molar-refractivity contribution in [2.24, 2.45) is 5.73 Å². The highest BCUT2D eigenvalue weighted by molar-refractivity contribution is 5.76. The first-order valence-corrected chi connectivity index (χ1v) is 6.62. The van der Waals surface area contributed by atoms with E-state index >= 15 is 0 Å². The molecule has 2 rings (SSSR count). The van der Waals surface area contributed by atoms with E-state index < -0.39 is 0 Å². The Balaban J connectivity index is 2.13. The summed E-state index contributed by atoms with van der Waals surface area (Å²) in [6.07, 6.45) is 0. The standard InChI is InChI=1S/C14H22N4O/c1-10-7-17(13-6-4-3-5-12(13)15)8-11(2)18(10)9-14(16)19/h3-6,10-11H,7-9,15H2,1-2H3,(H2,16,19)/t10-,11+. The Morgan fingerprint density at radius 2 is 1.84 bits per heavy atom. The zero-order valence-corrected chi connectivity index (χ0v) is 11.5. The van der Waals surface area contributed by atoms with Crippen molar-refractivity contribution < 1.29 is 4.79 Å². The Labute approximate surface area is 114 Å². The molecular formula is C14H22N4O. The topological polar surface area (TPSA) is 75.6 Å². The molecule has 0 saturated carbocycles. The number of nitrogen functional groups attached to an aromatic ring is 1. The summed E-state index contributed by atoms with van der Waals surface area (Å²) >= 11 is 0. The van der Waals surface area contributed by atoms with Gasteiger partial charge in [0.15, 0.2) is 0 Å². The van der Waals surface area contributed by atoms with Gasteiger partial charge in [-0.1, -0.05) is 12.1 Å². The van der Waals surface area contributed by atoms with Gasteiger partial charge in [-0.05, 0) is 26.0 Å². The number of benzene rings is 1. The molecule has 104 valence electrons. The monoisotopic (exact) mass is 262 g/mol. The van der Waals surface area contributed by atoms with Crippen molar-refractivity contribution in [2.75, 3.05) is 30.3 Å². The van der Waals surface area contributed by atoms with Crippen LogP contribution < -0.4 is 16.4 Å². The lowest BCUT2D eigenvalue weighted by atomic mass is 10.1. The minimum Gasteiger partial charge on any atom is -0.397 e. The number of hydrogen-bond donors (Lipinski definition) is 2. The zero-order valence-electron chi connectivity index (χ0n) is 11.5. The Morgan fingerprint density at radius 3 is 2.37 bits per heavy atom. The highest BCUT2D eigenvalue weighted by atomic mass is 16.1. The van der Waals surface area contributed by atoms with Crippen LogP contribution in [0.5, 0.6) is 0 Å². The third-order valence-electron chi connectivity index (χ3n) is 3.72. The number of carbonyl (C=O) groups excluding carboxylic acids is 1. The Kier molecular flexibility index (Phi) is 3.95. The second-order valence-electron chi connectivity index (χ2n) is 5.30. The van der Waals surface area contributed by atoms with E-state index in [1.165, 1.54) is 0 Å². The third kappa shape index (κ3) is 2.98. The molecule has 1 aromatic carbocycles. The summed E-state index contributed by atoms with van der Waals surface area (Å²) in [7, 11) is 0. The van der Waals surface area contributed by atoms with E-state index in [-0.39, 0.29) is 18.0 Å². The lowest BCUT2D eigenvalue weighted by Crippen LogP contribution is -2.58. The minimum absolute atomic E-state index is 0.272. The van der Waals surface area contributed by atoms with Crippen LogP contribution in [0.1, 0.15) is 13.8 Å². The molecule has 1 aromatic rings. The number of carbonyl (C=O) groups is 1. The number of primary amides is 1. The number of anilines is 2.